The van der Waals surface area contributed by atoms with Crippen LogP contribution in [0, 0.1) is 0 Å². The number of aromatic nitrogens is 2. The van der Waals surface area contributed by atoms with Crippen LogP contribution in [0.5, 0.6) is 5.88 Å². The number of anilines is 1. The summed E-state index contributed by atoms with van der Waals surface area (Å²) in [7, 11) is -3.78. The van der Waals surface area contributed by atoms with Crippen molar-refractivity contribution in [2.75, 3.05) is 5.32 Å². The number of fused-ring (bicyclic) bond motifs is 3. The van der Waals surface area contributed by atoms with Gasteiger partial charge in [0, 0.05) is 18.7 Å². The SMILES string of the molecule is CC1CCn2ncc(S(=O)(=NC(=O)Nc3c4c(cc5c3CCC5)CCC4)NC(c3ccccc3)(c3ccccc3)c3ccccc3)c2O1. The van der Waals surface area contributed by atoms with Gasteiger partial charge in [-0.2, -0.15) is 5.10 Å². The van der Waals surface area contributed by atoms with Crippen molar-refractivity contribution in [2.45, 2.75) is 75.0 Å². The van der Waals surface area contributed by atoms with E-state index in [9.17, 15) is 4.79 Å². The highest BCUT2D eigenvalue weighted by Crippen LogP contribution is 2.42. The second-order valence-electron chi connectivity index (χ2n) is 13.0. The van der Waals surface area contributed by atoms with E-state index in [0.717, 1.165) is 67.3 Å². The summed E-state index contributed by atoms with van der Waals surface area (Å²) in [6.45, 7) is 2.60. The van der Waals surface area contributed by atoms with Gasteiger partial charge in [-0.15, -0.1) is 4.36 Å². The van der Waals surface area contributed by atoms with Gasteiger partial charge in [0.1, 0.15) is 10.4 Å². The van der Waals surface area contributed by atoms with E-state index in [4.69, 9.17) is 4.74 Å². The molecule has 3 aliphatic rings. The lowest BCUT2D eigenvalue weighted by Crippen LogP contribution is -2.48. The van der Waals surface area contributed by atoms with Crippen LogP contribution >= 0.6 is 0 Å². The van der Waals surface area contributed by atoms with Gasteiger partial charge in [0.05, 0.1) is 12.3 Å². The highest BCUT2D eigenvalue weighted by Gasteiger charge is 2.42. The minimum Gasteiger partial charge on any atom is -0.474 e. The van der Waals surface area contributed by atoms with Crippen molar-refractivity contribution in [3.63, 3.8) is 0 Å². The van der Waals surface area contributed by atoms with Crippen molar-refractivity contribution in [2.24, 2.45) is 4.36 Å². The number of benzene rings is 4. The molecule has 2 N–H and O–H groups in total. The third-order valence-corrected chi connectivity index (χ3v) is 11.8. The van der Waals surface area contributed by atoms with Crippen LogP contribution in [-0.2, 0) is 47.7 Å². The molecule has 48 heavy (non-hydrogen) atoms. The highest BCUT2D eigenvalue weighted by atomic mass is 32.2. The largest absolute Gasteiger partial charge is 0.474 e. The maximum Gasteiger partial charge on any atom is 0.354 e. The van der Waals surface area contributed by atoms with E-state index < -0.39 is 21.5 Å². The molecule has 9 heteroatoms. The maximum atomic E-state index is 16.0. The second-order valence-corrected chi connectivity index (χ2v) is 14.9. The molecule has 8 rings (SSSR count). The minimum atomic E-state index is -3.78. The van der Waals surface area contributed by atoms with Gasteiger partial charge >= 0.3 is 6.03 Å². The standard InChI is InChI=1S/C39H39N5O3S/c1-27-23-24-44-37(47-27)35(26-40-44)48(46,42-38(45)41-36-33-21-11-13-28(33)25-29-14-12-22-34(29)36)43-39(30-15-5-2-6-16-30,31-17-7-3-8-18-31)32-19-9-4-10-20-32/h2-10,15-20,25-27H,11-14,21-24H2,1H3,(H2,41,42,43,45,46). The van der Waals surface area contributed by atoms with E-state index in [1.54, 1.807) is 10.9 Å². The average Bonchev–Trinajstić information content (AvgIpc) is 3.89. The van der Waals surface area contributed by atoms with Crippen molar-refractivity contribution < 1.29 is 13.7 Å². The zero-order chi connectivity index (χ0) is 32.7. The Kier molecular flexibility index (Phi) is 7.89. The van der Waals surface area contributed by atoms with Crippen molar-refractivity contribution in [3.8, 4) is 5.88 Å². The number of nitrogens with zero attached hydrogens (tertiary/aromatic N) is 3. The van der Waals surface area contributed by atoms with Gasteiger partial charge in [0.15, 0.2) is 9.92 Å². The molecule has 0 fully saturated rings. The van der Waals surface area contributed by atoms with Gasteiger partial charge in [-0.3, -0.25) is 0 Å². The number of nitrogens with one attached hydrogen (secondary N) is 2. The summed E-state index contributed by atoms with van der Waals surface area (Å²) in [5.41, 5.74) is 7.20. The Bertz CT molecular complexity index is 1980. The zero-order valence-electron chi connectivity index (χ0n) is 27.0. The number of carbonyl (C=O) groups is 1. The van der Waals surface area contributed by atoms with Crippen LogP contribution in [0.25, 0.3) is 0 Å². The number of hydrogen-bond acceptors (Lipinski definition) is 4. The van der Waals surface area contributed by atoms with Crippen LogP contribution in [0.3, 0.4) is 0 Å². The van der Waals surface area contributed by atoms with Gasteiger partial charge in [-0.25, -0.2) is 18.4 Å². The Labute approximate surface area is 281 Å². The van der Waals surface area contributed by atoms with E-state index in [2.05, 4.69) is 25.6 Å². The van der Waals surface area contributed by atoms with Gasteiger partial charge < -0.3 is 10.1 Å². The molecule has 2 heterocycles. The molecule has 0 radical (unpaired) electrons. The molecular formula is C39H39N5O3S. The number of ether oxygens (including phenoxy) is 1. The summed E-state index contributed by atoms with van der Waals surface area (Å²) in [4.78, 5) is 14.5. The fourth-order valence-corrected chi connectivity index (χ4v) is 9.55. The summed E-state index contributed by atoms with van der Waals surface area (Å²) >= 11 is 0. The summed E-state index contributed by atoms with van der Waals surface area (Å²) in [6.07, 6.45) is 8.16. The Morgan fingerprint density at radius 3 is 1.94 bits per heavy atom. The van der Waals surface area contributed by atoms with E-state index in [0.29, 0.717) is 12.4 Å². The number of urea groups is 1. The molecule has 8 nitrogen and oxygen atoms in total. The molecule has 0 bridgehead atoms. The van der Waals surface area contributed by atoms with Gasteiger partial charge in [-0.1, -0.05) is 97.1 Å². The van der Waals surface area contributed by atoms with E-state index in [-0.39, 0.29) is 11.0 Å². The number of amides is 2. The lowest BCUT2D eigenvalue weighted by molar-refractivity contribution is 0.144. The first-order valence-electron chi connectivity index (χ1n) is 16.9. The normalized spacial score (nSPS) is 17.8. The fraction of sp³-hybridized carbons (Fsp3) is 0.282. The quantitative estimate of drug-likeness (QED) is 0.176. The molecule has 0 saturated heterocycles. The first-order valence-corrected chi connectivity index (χ1v) is 18.4. The fourth-order valence-electron chi connectivity index (χ4n) is 7.67. The molecule has 1 aliphatic heterocycles. The molecule has 0 saturated carbocycles. The first kappa shape index (κ1) is 30.6. The number of aryl methyl sites for hydroxylation is 3. The van der Waals surface area contributed by atoms with Gasteiger partial charge in [0.2, 0.25) is 5.88 Å². The Morgan fingerprint density at radius 2 is 1.40 bits per heavy atom. The van der Waals surface area contributed by atoms with Crippen molar-refractivity contribution in [1.82, 2.24) is 14.5 Å². The van der Waals surface area contributed by atoms with Crippen molar-refractivity contribution >= 4 is 21.6 Å². The molecule has 244 valence electrons. The average molecular weight is 658 g/mol. The Morgan fingerprint density at radius 1 is 0.854 bits per heavy atom. The summed E-state index contributed by atoms with van der Waals surface area (Å²) in [5.74, 6) is 0.368. The zero-order valence-corrected chi connectivity index (χ0v) is 27.8. The molecule has 2 amide bonds. The third kappa shape index (κ3) is 5.31. The van der Waals surface area contributed by atoms with Crippen LogP contribution < -0.4 is 14.8 Å². The van der Waals surface area contributed by atoms with Crippen LogP contribution in [0.2, 0.25) is 0 Å². The van der Waals surface area contributed by atoms with Gasteiger partial charge in [-0.05, 0) is 84.4 Å². The number of hydrogen-bond donors (Lipinski definition) is 2. The molecule has 2 aliphatic carbocycles. The molecule has 5 aromatic rings. The first-order chi connectivity index (χ1) is 23.4. The van der Waals surface area contributed by atoms with Crippen LogP contribution in [0.4, 0.5) is 10.5 Å². The molecule has 1 aromatic heterocycles. The van der Waals surface area contributed by atoms with Crippen LogP contribution in [-0.4, -0.2) is 26.1 Å². The van der Waals surface area contributed by atoms with E-state index >= 15 is 4.21 Å². The van der Waals surface area contributed by atoms with Crippen molar-refractivity contribution in [3.05, 3.63) is 142 Å². The summed E-state index contributed by atoms with van der Waals surface area (Å²) in [5, 5.41) is 7.73. The Balaban J connectivity index is 1.34. The second kappa shape index (κ2) is 12.4. The molecular weight excluding hydrogens is 619 g/mol. The predicted molar refractivity (Wildman–Crippen MR) is 188 cm³/mol. The molecule has 4 aromatic carbocycles. The van der Waals surface area contributed by atoms with Crippen LogP contribution in [0.15, 0.2) is 113 Å². The predicted octanol–water partition coefficient (Wildman–Crippen LogP) is 7.59. The molecule has 0 spiro atoms. The smallest absolute Gasteiger partial charge is 0.354 e. The minimum absolute atomic E-state index is 0.109. The lowest BCUT2D eigenvalue weighted by Gasteiger charge is -2.37. The number of carbonyl (C=O) groups excluding carboxylic acids is 1. The molecule has 2 unspecified atom stereocenters. The summed E-state index contributed by atoms with van der Waals surface area (Å²) < 4.78 is 32.1. The maximum absolute atomic E-state index is 16.0. The van der Waals surface area contributed by atoms with Crippen molar-refractivity contribution in [1.29, 1.82) is 0 Å². The summed E-state index contributed by atoms with van der Waals surface area (Å²) in [6, 6.07) is 31.4. The lowest BCUT2D eigenvalue weighted by atomic mass is 9.78. The highest BCUT2D eigenvalue weighted by molar-refractivity contribution is 7.92. The topological polar surface area (TPSA) is 97.6 Å². The number of rotatable bonds is 7. The van der Waals surface area contributed by atoms with Gasteiger partial charge in [0.25, 0.3) is 0 Å². The Hall–Kier alpha value is -4.73. The monoisotopic (exact) mass is 657 g/mol. The van der Waals surface area contributed by atoms with E-state index in [1.165, 1.54) is 22.3 Å². The molecule has 2 atom stereocenters. The van der Waals surface area contributed by atoms with Crippen LogP contribution in [0.1, 0.15) is 65.1 Å². The van der Waals surface area contributed by atoms with E-state index in [1.807, 2.05) is 97.9 Å². The third-order valence-electron chi connectivity index (χ3n) is 9.95.